The first-order valence-corrected chi connectivity index (χ1v) is 6.96. The molecule has 1 aromatic carbocycles. The minimum Gasteiger partial charge on any atom is -0.478 e. The van der Waals surface area contributed by atoms with Gasteiger partial charge in [0.2, 0.25) is 0 Å². The van der Waals surface area contributed by atoms with Gasteiger partial charge in [-0.1, -0.05) is 37.7 Å². The second-order valence-electron chi connectivity index (χ2n) is 4.61. The molecule has 2 aromatic rings. The molecule has 0 saturated heterocycles. The third-order valence-electron chi connectivity index (χ3n) is 2.85. The van der Waals surface area contributed by atoms with Crippen molar-refractivity contribution in [3.8, 4) is 0 Å². The zero-order valence-electron chi connectivity index (χ0n) is 11.1. The van der Waals surface area contributed by atoms with Gasteiger partial charge in [-0.05, 0) is 29.7 Å². The van der Waals surface area contributed by atoms with Gasteiger partial charge in [-0.15, -0.1) is 0 Å². The maximum absolute atomic E-state index is 14.0. The van der Waals surface area contributed by atoms with E-state index in [-0.39, 0.29) is 10.6 Å². The second-order valence-corrected chi connectivity index (χ2v) is 5.67. The second kappa shape index (κ2) is 6.05. The molecule has 104 valence electrons. The van der Waals surface area contributed by atoms with Crippen molar-refractivity contribution in [2.45, 2.75) is 29.7 Å². The number of aromatic carboxylic acids is 1. The first-order valence-electron chi connectivity index (χ1n) is 6.14. The predicted molar refractivity (Wildman–Crippen MR) is 75.8 cm³/mol. The Hall–Kier alpha value is -1.88. The molecule has 0 saturated carbocycles. The number of hydrogen-bond donors (Lipinski definition) is 1. The summed E-state index contributed by atoms with van der Waals surface area (Å²) in [6.45, 7) is 4.19. The van der Waals surface area contributed by atoms with Crippen LogP contribution in [-0.4, -0.2) is 16.1 Å². The summed E-state index contributed by atoms with van der Waals surface area (Å²) >= 11 is 1.12. The van der Waals surface area contributed by atoms with E-state index >= 15 is 0 Å². The number of aromatic nitrogens is 1. The first-order chi connectivity index (χ1) is 9.49. The number of carboxylic acids is 1. The molecule has 0 aliphatic heterocycles. The highest BCUT2D eigenvalue weighted by molar-refractivity contribution is 7.99. The number of rotatable bonds is 4. The van der Waals surface area contributed by atoms with Gasteiger partial charge in [0.15, 0.2) is 5.82 Å². The van der Waals surface area contributed by atoms with Gasteiger partial charge in [0.05, 0.1) is 5.56 Å². The average Bonchev–Trinajstić information content (AvgIpc) is 2.41. The van der Waals surface area contributed by atoms with Crippen LogP contribution in [0.25, 0.3) is 0 Å². The summed E-state index contributed by atoms with van der Waals surface area (Å²) < 4.78 is 14.0. The average molecular weight is 291 g/mol. The molecule has 20 heavy (non-hydrogen) atoms. The minimum absolute atomic E-state index is 0.0715. The van der Waals surface area contributed by atoms with Crippen molar-refractivity contribution in [1.82, 2.24) is 4.98 Å². The zero-order valence-corrected chi connectivity index (χ0v) is 11.9. The molecule has 5 heteroatoms. The Morgan fingerprint density at radius 2 is 1.90 bits per heavy atom. The highest BCUT2D eigenvalue weighted by Crippen LogP contribution is 2.30. The molecule has 0 spiro atoms. The van der Waals surface area contributed by atoms with Crippen molar-refractivity contribution in [3.05, 3.63) is 53.5 Å². The van der Waals surface area contributed by atoms with Gasteiger partial charge in [0.25, 0.3) is 0 Å². The van der Waals surface area contributed by atoms with Crippen LogP contribution in [0.4, 0.5) is 4.39 Å². The fraction of sp³-hybridized carbons (Fsp3) is 0.200. The number of benzene rings is 1. The summed E-state index contributed by atoms with van der Waals surface area (Å²) in [7, 11) is 0. The van der Waals surface area contributed by atoms with Crippen LogP contribution in [-0.2, 0) is 0 Å². The number of nitrogens with zero attached hydrogens (tertiary/aromatic N) is 1. The lowest BCUT2D eigenvalue weighted by Crippen LogP contribution is -2.02. The van der Waals surface area contributed by atoms with E-state index in [2.05, 4.69) is 18.8 Å². The van der Waals surface area contributed by atoms with E-state index in [1.54, 1.807) is 0 Å². The van der Waals surface area contributed by atoms with Gasteiger partial charge < -0.3 is 5.11 Å². The van der Waals surface area contributed by atoms with Crippen molar-refractivity contribution in [2.75, 3.05) is 0 Å². The number of halogens is 1. The van der Waals surface area contributed by atoms with Crippen molar-refractivity contribution in [2.24, 2.45) is 0 Å². The number of carboxylic acid groups (broad SMARTS) is 1. The summed E-state index contributed by atoms with van der Waals surface area (Å²) in [5.74, 6) is -1.65. The topological polar surface area (TPSA) is 50.2 Å². The molecule has 0 aliphatic rings. The quantitative estimate of drug-likeness (QED) is 0.917. The van der Waals surface area contributed by atoms with Crippen LogP contribution in [0.3, 0.4) is 0 Å². The maximum Gasteiger partial charge on any atom is 0.338 e. The molecule has 0 radical (unpaired) electrons. The van der Waals surface area contributed by atoms with Crippen molar-refractivity contribution in [1.29, 1.82) is 0 Å². The van der Waals surface area contributed by atoms with Gasteiger partial charge in [0.1, 0.15) is 5.03 Å². The normalized spacial score (nSPS) is 10.8. The van der Waals surface area contributed by atoms with E-state index < -0.39 is 11.8 Å². The lowest BCUT2D eigenvalue weighted by molar-refractivity contribution is 0.0691. The van der Waals surface area contributed by atoms with E-state index in [0.29, 0.717) is 5.92 Å². The number of pyridine rings is 1. The Morgan fingerprint density at radius 1 is 1.25 bits per heavy atom. The third-order valence-corrected chi connectivity index (χ3v) is 3.83. The summed E-state index contributed by atoms with van der Waals surface area (Å²) in [5.41, 5.74) is 0.836. The van der Waals surface area contributed by atoms with Crippen LogP contribution >= 0.6 is 11.8 Å². The smallest absolute Gasteiger partial charge is 0.338 e. The molecule has 0 unspecified atom stereocenters. The van der Waals surface area contributed by atoms with Crippen LogP contribution in [0.2, 0.25) is 0 Å². The Kier molecular flexibility index (Phi) is 4.39. The number of carbonyl (C=O) groups is 1. The lowest BCUT2D eigenvalue weighted by Gasteiger charge is -2.07. The molecule has 1 heterocycles. The summed E-state index contributed by atoms with van der Waals surface area (Å²) in [6, 6.07) is 8.88. The summed E-state index contributed by atoms with van der Waals surface area (Å²) in [6.07, 6.45) is 1.30. The zero-order chi connectivity index (χ0) is 14.7. The Labute approximate surface area is 120 Å². The predicted octanol–water partition coefficient (Wildman–Crippen LogP) is 4.19. The van der Waals surface area contributed by atoms with Crippen molar-refractivity contribution >= 4 is 17.7 Å². The molecule has 3 nitrogen and oxygen atoms in total. The molecular weight excluding hydrogens is 277 g/mol. The van der Waals surface area contributed by atoms with Gasteiger partial charge in [0, 0.05) is 11.1 Å². The van der Waals surface area contributed by atoms with Gasteiger partial charge in [-0.3, -0.25) is 0 Å². The van der Waals surface area contributed by atoms with E-state index in [1.807, 2.05) is 24.3 Å². The maximum atomic E-state index is 14.0. The van der Waals surface area contributed by atoms with Crippen LogP contribution in [0, 0.1) is 5.82 Å². The Morgan fingerprint density at radius 3 is 2.45 bits per heavy atom. The fourth-order valence-electron chi connectivity index (χ4n) is 1.69. The first kappa shape index (κ1) is 14.5. The highest BCUT2D eigenvalue weighted by Gasteiger charge is 2.15. The monoisotopic (exact) mass is 291 g/mol. The Balaban J connectivity index is 2.26. The molecule has 1 N–H and O–H groups in total. The molecule has 1 aromatic heterocycles. The van der Waals surface area contributed by atoms with Crippen LogP contribution in [0.15, 0.2) is 46.5 Å². The van der Waals surface area contributed by atoms with Gasteiger partial charge >= 0.3 is 5.97 Å². The number of hydrogen-bond acceptors (Lipinski definition) is 3. The largest absolute Gasteiger partial charge is 0.478 e. The standard InChI is InChI=1S/C15H14FNO2S/c1-9(2)10-3-5-11(6-4-10)20-14-13(16)12(15(18)19)7-8-17-14/h3-9H,1-2H3,(H,18,19). The molecule has 0 atom stereocenters. The van der Waals surface area contributed by atoms with E-state index in [4.69, 9.17) is 5.11 Å². The van der Waals surface area contributed by atoms with E-state index in [0.717, 1.165) is 22.7 Å². The van der Waals surface area contributed by atoms with Crippen LogP contribution < -0.4 is 0 Å². The van der Waals surface area contributed by atoms with Gasteiger partial charge in [-0.25, -0.2) is 14.2 Å². The molecular formula is C15H14FNO2S. The summed E-state index contributed by atoms with van der Waals surface area (Å²) in [5, 5.41) is 8.95. The summed E-state index contributed by atoms with van der Waals surface area (Å²) in [4.78, 5) is 15.6. The Bertz CT molecular complexity index is 626. The van der Waals surface area contributed by atoms with Crippen molar-refractivity contribution < 1.29 is 14.3 Å². The van der Waals surface area contributed by atoms with E-state index in [9.17, 15) is 9.18 Å². The molecule has 2 rings (SSSR count). The molecule has 0 fully saturated rings. The van der Waals surface area contributed by atoms with E-state index in [1.165, 1.54) is 11.8 Å². The molecule has 0 bridgehead atoms. The molecule has 0 amide bonds. The molecule has 0 aliphatic carbocycles. The van der Waals surface area contributed by atoms with Crippen LogP contribution in [0.1, 0.15) is 35.7 Å². The fourth-order valence-corrected chi connectivity index (χ4v) is 2.50. The lowest BCUT2D eigenvalue weighted by atomic mass is 10.0. The SMILES string of the molecule is CC(C)c1ccc(Sc2nccc(C(=O)O)c2F)cc1. The minimum atomic E-state index is -1.29. The van der Waals surface area contributed by atoms with Crippen LogP contribution in [0.5, 0.6) is 0 Å². The highest BCUT2D eigenvalue weighted by atomic mass is 32.2. The van der Waals surface area contributed by atoms with Crippen molar-refractivity contribution in [3.63, 3.8) is 0 Å². The van der Waals surface area contributed by atoms with Gasteiger partial charge in [-0.2, -0.15) is 0 Å². The third kappa shape index (κ3) is 3.17.